The van der Waals surface area contributed by atoms with E-state index in [4.69, 9.17) is 11.6 Å². The SMILES string of the molecule is CCCn1c(=O)c2ccccc2n2c(=O)n(CC(=O)NCc3ccc(Cl)cc3)nc12. The molecule has 0 aliphatic carbocycles. The molecule has 154 valence electrons. The second kappa shape index (κ2) is 8.16. The van der Waals surface area contributed by atoms with Gasteiger partial charge in [-0.25, -0.2) is 13.9 Å². The molecule has 8 nitrogen and oxygen atoms in total. The Bertz CT molecular complexity index is 1350. The van der Waals surface area contributed by atoms with Gasteiger partial charge < -0.3 is 5.32 Å². The van der Waals surface area contributed by atoms with E-state index in [2.05, 4.69) is 10.4 Å². The van der Waals surface area contributed by atoms with Crippen LogP contribution in [-0.2, 0) is 24.4 Å². The highest BCUT2D eigenvalue weighted by Gasteiger charge is 2.18. The number of hydrogen-bond acceptors (Lipinski definition) is 4. The Hall–Kier alpha value is -3.39. The maximum Gasteiger partial charge on any atom is 0.352 e. The molecule has 0 aliphatic rings. The van der Waals surface area contributed by atoms with Gasteiger partial charge in [-0.2, -0.15) is 0 Å². The molecule has 9 heteroatoms. The van der Waals surface area contributed by atoms with Gasteiger partial charge in [-0.1, -0.05) is 42.8 Å². The molecule has 30 heavy (non-hydrogen) atoms. The summed E-state index contributed by atoms with van der Waals surface area (Å²) in [6, 6.07) is 14.0. The number of aryl methyl sites for hydroxylation is 1. The third-order valence-electron chi connectivity index (χ3n) is 4.83. The van der Waals surface area contributed by atoms with E-state index < -0.39 is 5.69 Å². The second-order valence-electron chi connectivity index (χ2n) is 6.95. The fourth-order valence-corrected chi connectivity index (χ4v) is 3.52. The number of rotatable bonds is 6. The lowest BCUT2D eigenvalue weighted by Crippen LogP contribution is -2.32. The molecule has 0 bridgehead atoms. The predicted octanol–water partition coefficient (Wildman–Crippen LogP) is 2.19. The van der Waals surface area contributed by atoms with Crippen molar-refractivity contribution in [3.05, 3.63) is 80.0 Å². The van der Waals surface area contributed by atoms with E-state index in [-0.39, 0.29) is 23.8 Å². The smallest absolute Gasteiger partial charge is 0.350 e. The van der Waals surface area contributed by atoms with E-state index in [1.165, 1.54) is 8.97 Å². The van der Waals surface area contributed by atoms with Crippen LogP contribution in [0.2, 0.25) is 5.02 Å². The van der Waals surface area contributed by atoms with Crippen LogP contribution in [0.25, 0.3) is 16.7 Å². The van der Waals surface area contributed by atoms with Crippen molar-refractivity contribution < 1.29 is 4.79 Å². The predicted molar refractivity (Wildman–Crippen MR) is 115 cm³/mol. The van der Waals surface area contributed by atoms with Gasteiger partial charge in [0.15, 0.2) is 0 Å². The van der Waals surface area contributed by atoms with Crippen molar-refractivity contribution in [3.63, 3.8) is 0 Å². The first-order valence-corrected chi connectivity index (χ1v) is 9.99. The summed E-state index contributed by atoms with van der Waals surface area (Å²) in [4.78, 5) is 38.3. The lowest BCUT2D eigenvalue weighted by Gasteiger charge is -2.07. The van der Waals surface area contributed by atoms with Gasteiger partial charge in [-0.15, -0.1) is 5.10 Å². The zero-order valence-electron chi connectivity index (χ0n) is 16.3. The van der Waals surface area contributed by atoms with Crippen LogP contribution in [0.1, 0.15) is 18.9 Å². The Morgan fingerprint density at radius 3 is 2.57 bits per heavy atom. The molecule has 0 atom stereocenters. The van der Waals surface area contributed by atoms with Crippen LogP contribution in [0.5, 0.6) is 0 Å². The van der Waals surface area contributed by atoms with Gasteiger partial charge in [-0.05, 0) is 36.2 Å². The highest BCUT2D eigenvalue weighted by atomic mass is 35.5. The lowest BCUT2D eigenvalue weighted by atomic mass is 10.2. The summed E-state index contributed by atoms with van der Waals surface area (Å²) >= 11 is 5.87. The third-order valence-corrected chi connectivity index (χ3v) is 5.08. The van der Waals surface area contributed by atoms with Gasteiger partial charge in [0.25, 0.3) is 5.56 Å². The fraction of sp³-hybridized carbons (Fsp3) is 0.238. The van der Waals surface area contributed by atoms with Crippen molar-refractivity contribution in [2.45, 2.75) is 33.0 Å². The third kappa shape index (κ3) is 3.61. The molecular weight excluding hydrogens is 406 g/mol. The van der Waals surface area contributed by atoms with Crippen LogP contribution in [0.3, 0.4) is 0 Å². The normalized spacial score (nSPS) is 11.3. The molecule has 0 saturated heterocycles. The molecule has 0 radical (unpaired) electrons. The molecule has 0 unspecified atom stereocenters. The fourth-order valence-electron chi connectivity index (χ4n) is 3.39. The molecule has 4 aromatic rings. The Kier molecular flexibility index (Phi) is 5.41. The first kappa shape index (κ1) is 19.9. The molecule has 0 fully saturated rings. The van der Waals surface area contributed by atoms with Gasteiger partial charge >= 0.3 is 5.69 Å². The summed E-state index contributed by atoms with van der Waals surface area (Å²) in [6.07, 6.45) is 0.705. The van der Waals surface area contributed by atoms with Crippen LogP contribution in [0.15, 0.2) is 58.1 Å². The molecule has 1 amide bonds. The lowest BCUT2D eigenvalue weighted by molar-refractivity contribution is -0.122. The Morgan fingerprint density at radius 2 is 1.83 bits per heavy atom. The van der Waals surface area contributed by atoms with Crippen molar-refractivity contribution in [1.29, 1.82) is 0 Å². The Labute approximate surface area is 176 Å². The largest absolute Gasteiger partial charge is 0.352 e. The molecule has 0 aliphatic heterocycles. The molecular formula is C21H20ClN5O3. The molecule has 2 heterocycles. The average Bonchev–Trinajstić information content (AvgIpc) is 3.06. The number of benzene rings is 2. The monoisotopic (exact) mass is 425 g/mol. The van der Waals surface area contributed by atoms with Crippen molar-refractivity contribution in [2.75, 3.05) is 0 Å². The molecule has 0 saturated carbocycles. The summed E-state index contributed by atoms with van der Waals surface area (Å²) in [5, 5.41) is 8.12. The summed E-state index contributed by atoms with van der Waals surface area (Å²) in [5.74, 6) is -0.125. The number of carbonyl (C=O) groups is 1. The molecule has 4 rings (SSSR count). The maximum absolute atomic E-state index is 13.0. The van der Waals surface area contributed by atoms with E-state index in [0.717, 1.165) is 10.2 Å². The summed E-state index contributed by atoms with van der Waals surface area (Å²) < 4.78 is 3.95. The minimum Gasteiger partial charge on any atom is -0.350 e. The van der Waals surface area contributed by atoms with Gasteiger partial charge in [0, 0.05) is 18.1 Å². The Balaban J connectivity index is 1.69. The van der Waals surface area contributed by atoms with Gasteiger partial charge in [0.2, 0.25) is 11.7 Å². The van der Waals surface area contributed by atoms with Crippen molar-refractivity contribution in [2.24, 2.45) is 0 Å². The second-order valence-corrected chi connectivity index (χ2v) is 7.39. The van der Waals surface area contributed by atoms with Crippen LogP contribution in [0, 0.1) is 0 Å². The van der Waals surface area contributed by atoms with Crippen molar-refractivity contribution in [1.82, 2.24) is 24.1 Å². The van der Waals surface area contributed by atoms with Crippen LogP contribution >= 0.6 is 11.6 Å². The van der Waals surface area contributed by atoms with Gasteiger partial charge in [0.1, 0.15) is 6.54 Å². The number of para-hydroxylation sites is 1. The van der Waals surface area contributed by atoms with Crippen molar-refractivity contribution >= 4 is 34.2 Å². The topological polar surface area (TPSA) is 90.4 Å². The number of fused-ring (bicyclic) bond motifs is 3. The summed E-state index contributed by atoms with van der Waals surface area (Å²) in [5.41, 5.74) is 0.692. The minimum atomic E-state index is -0.465. The number of carbonyl (C=O) groups excluding carboxylic acids is 1. The first-order chi connectivity index (χ1) is 14.5. The quantitative estimate of drug-likeness (QED) is 0.512. The maximum atomic E-state index is 13.0. The highest BCUT2D eigenvalue weighted by Crippen LogP contribution is 2.11. The number of hydrogen-bond donors (Lipinski definition) is 1. The van der Waals surface area contributed by atoms with Crippen LogP contribution in [-0.4, -0.2) is 24.7 Å². The van der Waals surface area contributed by atoms with Crippen molar-refractivity contribution in [3.8, 4) is 0 Å². The Morgan fingerprint density at radius 1 is 1.10 bits per heavy atom. The van der Waals surface area contributed by atoms with E-state index >= 15 is 0 Å². The molecule has 1 N–H and O–H groups in total. The zero-order chi connectivity index (χ0) is 21.3. The number of nitrogens with zero attached hydrogens (tertiary/aromatic N) is 4. The van der Waals surface area contributed by atoms with E-state index in [1.54, 1.807) is 36.4 Å². The number of halogens is 1. The molecule has 2 aromatic carbocycles. The first-order valence-electron chi connectivity index (χ1n) is 9.62. The van der Waals surface area contributed by atoms with E-state index in [1.807, 2.05) is 19.1 Å². The summed E-state index contributed by atoms with van der Waals surface area (Å²) in [6.45, 7) is 2.42. The van der Waals surface area contributed by atoms with Crippen LogP contribution in [0.4, 0.5) is 0 Å². The number of amides is 1. The highest BCUT2D eigenvalue weighted by molar-refractivity contribution is 6.30. The van der Waals surface area contributed by atoms with Gasteiger partial charge in [0.05, 0.1) is 10.9 Å². The van der Waals surface area contributed by atoms with E-state index in [9.17, 15) is 14.4 Å². The van der Waals surface area contributed by atoms with Crippen LogP contribution < -0.4 is 16.6 Å². The minimum absolute atomic E-state index is 0.204. The number of nitrogens with one attached hydrogen (secondary N) is 1. The summed E-state index contributed by atoms with van der Waals surface area (Å²) in [7, 11) is 0. The molecule has 2 aromatic heterocycles. The average molecular weight is 426 g/mol. The standard InChI is InChI=1S/C21H20ClN5O3/c1-2-11-25-19(29)16-5-3-4-6-17(16)27-20(25)24-26(21(27)30)13-18(28)23-12-14-7-9-15(22)10-8-14/h3-10H,2,11-13H2,1H3,(H,23,28). The zero-order valence-corrected chi connectivity index (χ0v) is 17.1. The molecule has 0 spiro atoms. The van der Waals surface area contributed by atoms with Gasteiger partial charge in [-0.3, -0.25) is 14.2 Å². The van der Waals surface area contributed by atoms with E-state index in [0.29, 0.717) is 35.4 Å². The number of aromatic nitrogens is 4.